The largest absolute Gasteiger partial charge is 0.480 e. The number of benzene rings is 1. The summed E-state index contributed by atoms with van der Waals surface area (Å²) in [7, 11) is 1.61. The molecule has 4 nitrogen and oxygen atoms in total. The van der Waals surface area contributed by atoms with Crippen molar-refractivity contribution in [3.8, 4) is 5.75 Å². The average Bonchev–Trinajstić information content (AvgIpc) is 2.39. The Morgan fingerprint density at radius 1 is 1.32 bits per heavy atom. The molecule has 1 aromatic rings. The summed E-state index contributed by atoms with van der Waals surface area (Å²) in [5.41, 5.74) is 3.35. The molecule has 1 rings (SSSR count). The predicted molar refractivity (Wildman–Crippen MR) is 77.5 cm³/mol. The van der Waals surface area contributed by atoms with Gasteiger partial charge in [0.1, 0.15) is 5.75 Å². The Kier molecular flexibility index (Phi) is 5.83. The Morgan fingerprint density at radius 3 is 2.37 bits per heavy atom. The monoisotopic (exact) mass is 264 g/mol. The van der Waals surface area contributed by atoms with Crippen molar-refractivity contribution in [2.75, 3.05) is 13.6 Å². The van der Waals surface area contributed by atoms with Gasteiger partial charge in [-0.3, -0.25) is 4.79 Å². The number of nitrogens with one attached hydrogen (secondary N) is 2. The lowest BCUT2D eigenvalue weighted by atomic mass is 10.1. The van der Waals surface area contributed by atoms with Gasteiger partial charge in [-0.1, -0.05) is 19.1 Å². The van der Waals surface area contributed by atoms with E-state index in [1.807, 2.05) is 13.8 Å². The maximum atomic E-state index is 11.5. The second kappa shape index (κ2) is 7.14. The first-order valence-corrected chi connectivity index (χ1v) is 6.68. The normalized spacial score (nSPS) is 12.1. The van der Waals surface area contributed by atoms with Gasteiger partial charge in [0.05, 0.1) is 0 Å². The van der Waals surface area contributed by atoms with E-state index >= 15 is 0 Å². The van der Waals surface area contributed by atoms with E-state index in [9.17, 15) is 4.79 Å². The number of hydrogen-bond acceptors (Lipinski definition) is 3. The van der Waals surface area contributed by atoms with Gasteiger partial charge in [-0.25, -0.2) is 0 Å². The number of ether oxygens (including phenoxy) is 1. The zero-order chi connectivity index (χ0) is 14.4. The van der Waals surface area contributed by atoms with Crippen LogP contribution in [0, 0.1) is 13.8 Å². The first-order valence-electron chi connectivity index (χ1n) is 6.68. The fourth-order valence-electron chi connectivity index (χ4n) is 2.03. The van der Waals surface area contributed by atoms with Crippen LogP contribution in [0.15, 0.2) is 12.1 Å². The van der Waals surface area contributed by atoms with Gasteiger partial charge in [0.25, 0.3) is 5.91 Å². The highest BCUT2D eigenvalue weighted by Crippen LogP contribution is 2.26. The smallest absolute Gasteiger partial charge is 0.260 e. The number of amides is 1. The van der Waals surface area contributed by atoms with Gasteiger partial charge in [-0.2, -0.15) is 0 Å². The predicted octanol–water partition coefficient (Wildman–Crippen LogP) is 1.93. The van der Waals surface area contributed by atoms with Gasteiger partial charge >= 0.3 is 0 Å². The minimum atomic E-state index is -0.484. The molecule has 0 heterocycles. The number of aryl methyl sites for hydroxylation is 2. The van der Waals surface area contributed by atoms with Crippen LogP contribution in [0.3, 0.4) is 0 Å². The topological polar surface area (TPSA) is 50.4 Å². The van der Waals surface area contributed by atoms with Crippen LogP contribution in [-0.2, 0) is 11.3 Å². The van der Waals surface area contributed by atoms with Crippen LogP contribution in [0.1, 0.15) is 30.5 Å². The number of carbonyl (C=O) groups is 1. The molecule has 0 spiro atoms. The minimum absolute atomic E-state index is 0.115. The average molecular weight is 264 g/mol. The third-order valence-electron chi connectivity index (χ3n) is 3.01. The van der Waals surface area contributed by atoms with E-state index < -0.39 is 6.10 Å². The van der Waals surface area contributed by atoms with Gasteiger partial charge < -0.3 is 15.4 Å². The molecule has 1 unspecified atom stereocenters. The highest BCUT2D eigenvalue weighted by molar-refractivity contribution is 5.80. The Hall–Kier alpha value is -1.55. The summed E-state index contributed by atoms with van der Waals surface area (Å²) in [6, 6.07) is 4.20. The molecule has 0 aromatic heterocycles. The molecule has 4 heteroatoms. The third-order valence-corrected chi connectivity index (χ3v) is 3.01. The van der Waals surface area contributed by atoms with Crippen molar-refractivity contribution in [2.45, 2.75) is 40.3 Å². The lowest BCUT2D eigenvalue weighted by Gasteiger charge is -2.18. The van der Waals surface area contributed by atoms with Gasteiger partial charge in [-0.05, 0) is 44.0 Å². The molecule has 0 saturated heterocycles. The van der Waals surface area contributed by atoms with E-state index in [1.165, 1.54) is 5.56 Å². The van der Waals surface area contributed by atoms with E-state index in [-0.39, 0.29) is 5.91 Å². The Bertz CT molecular complexity index is 421. The highest BCUT2D eigenvalue weighted by atomic mass is 16.5. The summed E-state index contributed by atoms with van der Waals surface area (Å²) in [6.45, 7) is 9.66. The third kappa shape index (κ3) is 4.24. The quantitative estimate of drug-likeness (QED) is 0.825. The van der Waals surface area contributed by atoms with E-state index in [0.717, 1.165) is 30.0 Å². The number of rotatable bonds is 6. The zero-order valence-electron chi connectivity index (χ0n) is 12.5. The molecule has 1 aromatic carbocycles. The van der Waals surface area contributed by atoms with Crippen molar-refractivity contribution in [3.63, 3.8) is 0 Å². The molecular weight excluding hydrogens is 240 g/mol. The second-order valence-electron chi connectivity index (χ2n) is 4.71. The fourth-order valence-corrected chi connectivity index (χ4v) is 2.03. The van der Waals surface area contributed by atoms with E-state index in [0.29, 0.717) is 0 Å². The van der Waals surface area contributed by atoms with Crippen molar-refractivity contribution in [2.24, 2.45) is 0 Å². The molecule has 2 N–H and O–H groups in total. The minimum Gasteiger partial charge on any atom is -0.480 e. The fraction of sp³-hybridized carbons (Fsp3) is 0.533. The van der Waals surface area contributed by atoms with Gasteiger partial charge in [0.15, 0.2) is 6.10 Å². The molecule has 0 aliphatic carbocycles. The van der Waals surface area contributed by atoms with Gasteiger partial charge in [0, 0.05) is 13.6 Å². The molecule has 0 radical (unpaired) electrons. The summed E-state index contributed by atoms with van der Waals surface area (Å²) in [5, 5.41) is 5.89. The van der Waals surface area contributed by atoms with Gasteiger partial charge in [-0.15, -0.1) is 0 Å². The van der Waals surface area contributed by atoms with Crippen LogP contribution in [0.25, 0.3) is 0 Å². The van der Waals surface area contributed by atoms with E-state index in [2.05, 4.69) is 29.7 Å². The lowest BCUT2D eigenvalue weighted by molar-refractivity contribution is -0.126. The standard InChI is InChI=1S/C15H24N2O2/c1-6-17-9-13-7-10(2)14(11(3)8-13)19-12(4)15(18)16-5/h7-8,12,17H,6,9H2,1-5H3,(H,16,18). The summed E-state index contributed by atoms with van der Waals surface area (Å²) in [6.07, 6.45) is -0.484. The molecule has 1 amide bonds. The second-order valence-corrected chi connectivity index (χ2v) is 4.71. The van der Waals surface area contributed by atoms with Crippen molar-refractivity contribution in [1.29, 1.82) is 0 Å². The Balaban J connectivity index is 2.87. The van der Waals surface area contributed by atoms with E-state index in [4.69, 9.17) is 4.74 Å². The van der Waals surface area contributed by atoms with Crippen LogP contribution in [0.5, 0.6) is 5.75 Å². The maximum absolute atomic E-state index is 11.5. The summed E-state index contributed by atoms with van der Waals surface area (Å²) in [4.78, 5) is 11.5. The molecule has 0 saturated carbocycles. The van der Waals surface area contributed by atoms with Crippen LogP contribution in [0.4, 0.5) is 0 Å². The SMILES string of the molecule is CCNCc1cc(C)c(OC(C)C(=O)NC)c(C)c1. The van der Waals surface area contributed by atoms with Crippen LogP contribution < -0.4 is 15.4 Å². The molecular formula is C15H24N2O2. The van der Waals surface area contributed by atoms with Crippen molar-refractivity contribution < 1.29 is 9.53 Å². The maximum Gasteiger partial charge on any atom is 0.260 e. The highest BCUT2D eigenvalue weighted by Gasteiger charge is 2.15. The molecule has 0 fully saturated rings. The molecule has 0 aliphatic heterocycles. The first kappa shape index (κ1) is 15.5. The molecule has 19 heavy (non-hydrogen) atoms. The zero-order valence-corrected chi connectivity index (χ0v) is 12.5. The summed E-state index contributed by atoms with van der Waals surface area (Å²) >= 11 is 0. The van der Waals surface area contributed by atoms with Crippen molar-refractivity contribution in [1.82, 2.24) is 10.6 Å². The van der Waals surface area contributed by atoms with Crippen LogP contribution >= 0.6 is 0 Å². The molecule has 1 atom stereocenters. The van der Waals surface area contributed by atoms with Crippen molar-refractivity contribution in [3.05, 3.63) is 28.8 Å². The molecule has 106 valence electrons. The molecule has 0 bridgehead atoms. The first-order chi connectivity index (χ1) is 8.99. The molecule has 0 aliphatic rings. The Labute approximate surface area is 115 Å². The number of hydrogen-bond donors (Lipinski definition) is 2. The van der Waals surface area contributed by atoms with Gasteiger partial charge in [0.2, 0.25) is 0 Å². The van der Waals surface area contributed by atoms with Crippen LogP contribution in [0.2, 0.25) is 0 Å². The number of carbonyl (C=O) groups excluding carboxylic acids is 1. The lowest BCUT2D eigenvalue weighted by Crippen LogP contribution is -2.34. The van der Waals surface area contributed by atoms with Crippen molar-refractivity contribution >= 4 is 5.91 Å². The van der Waals surface area contributed by atoms with E-state index in [1.54, 1.807) is 14.0 Å². The summed E-state index contributed by atoms with van der Waals surface area (Å²) in [5.74, 6) is 0.687. The number of likely N-dealkylation sites (N-methyl/N-ethyl adjacent to an activating group) is 1. The Morgan fingerprint density at radius 2 is 1.89 bits per heavy atom. The summed E-state index contributed by atoms with van der Waals surface area (Å²) < 4.78 is 5.76. The van der Waals surface area contributed by atoms with Crippen LogP contribution in [-0.4, -0.2) is 25.6 Å².